The van der Waals surface area contributed by atoms with Gasteiger partial charge in [0.05, 0.1) is 5.41 Å². The number of ether oxygens (including phenoxy) is 1. The van der Waals surface area contributed by atoms with Crippen LogP contribution < -0.4 is 5.32 Å². The number of benzene rings is 1. The van der Waals surface area contributed by atoms with Gasteiger partial charge in [-0.05, 0) is 82.3 Å². The van der Waals surface area contributed by atoms with Crippen molar-refractivity contribution in [3.05, 3.63) is 35.4 Å². The number of rotatable bonds is 7. The molecular weight excluding hydrogens is 348 g/mol. The molecule has 2 bridgehead atoms. The number of hydrogen-bond acceptors (Lipinski definition) is 4. The summed E-state index contributed by atoms with van der Waals surface area (Å²) in [5.74, 6) is 0.626. The Bertz CT molecular complexity index is 660. The van der Waals surface area contributed by atoms with E-state index in [0.29, 0.717) is 5.92 Å². The molecule has 3 aliphatic heterocycles. The van der Waals surface area contributed by atoms with Gasteiger partial charge in [0, 0.05) is 6.54 Å². The second-order valence-corrected chi connectivity index (χ2v) is 9.13. The van der Waals surface area contributed by atoms with Crippen LogP contribution in [0.1, 0.15) is 62.5 Å². The highest BCUT2D eigenvalue weighted by Gasteiger charge is 2.45. The first kappa shape index (κ1) is 19.9. The number of nitrogens with one attached hydrogen (secondary N) is 1. The summed E-state index contributed by atoms with van der Waals surface area (Å²) >= 11 is 0. The molecule has 1 atom stereocenters. The first-order valence-electron chi connectivity index (χ1n) is 11.4. The number of carbonyl (C=O) groups excluding carboxylic acids is 1. The van der Waals surface area contributed by atoms with Crippen molar-refractivity contribution in [2.24, 2.45) is 5.92 Å². The molecule has 3 heterocycles. The van der Waals surface area contributed by atoms with Crippen LogP contribution in [0.25, 0.3) is 0 Å². The molecule has 1 aromatic rings. The Morgan fingerprint density at radius 2 is 2.00 bits per heavy atom. The standard InChI is InChI=1S/C24H36N2O2/c1-25-14-6-8-19-7-5-9-21(17-19)24(12-3-2-4-13-24)23(27)28-22-18-26-15-10-20(22)11-16-26/h5,7,9,17,20,22,25H,2-4,6,8,10-16,18H2,1H3/t22-/m0/s1. The molecule has 3 saturated heterocycles. The summed E-state index contributed by atoms with van der Waals surface area (Å²) in [7, 11) is 2.00. The summed E-state index contributed by atoms with van der Waals surface area (Å²) in [6.45, 7) is 4.32. The van der Waals surface area contributed by atoms with Crippen LogP contribution in [0.3, 0.4) is 0 Å². The average Bonchev–Trinajstić information content (AvgIpc) is 2.75. The van der Waals surface area contributed by atoms with Crippen molar-refractivity contribution in [1.82, 2.24) is 10.2 Å². The Balaban J connectivity index is 1.53. The van der Waals surface area contributed by atoms with Gasteiger partial charge in [-0.15, -0.1) is 0 Å². The van der Waals surface area contributed by atoms with E-state index in [-0.39, 0.29) is 12.1 Å². The van der Waals surface area contributed by atoms with Crippen LogP contribution in [0.2, 0.25) is 0 Å². The lowest BCUT2D eigenvalue weighted by Gasteiger charge is -2.45. The molecule has 4 nitrogen and oxygen atoms in total. The maximum Gasteiger partial charge on any atom is 0.316 e. The Kier molecular flexibility index (Phi) is 6.37. The normalized spacial score (nSPS) is 28.8. The van der Waals surface area contributed by atoms with E-state index >= 15 is 0 Å². The minimum absolute atomic E-state index is 0.0540. The molecule has 28 heavy (non-hydrogen) atoms. The quantitative estimate of drug-likeness (QED) is 0.575. The number of esters is 1. The van der Waals surface area contributed by atoms with Crippen LogP contribution in [0.4, 0.5) is 0 Å². The summed E-state index contributed by atoms with van der Waals surface area (Å²) < 4.78 is 6.27. The van der Waals surface area contributed by atoms with Crippen LogP contribution in [0.15, 0.2) is 24.3 Å². The molecule has 1 N–H and O–H groups in total. The summed E-state index contributed by atoms with van der Waals surface area (Å²) in [5, 5.41) is 3.22. The molecule has 0 unspecified atom stereocenters. The third-order valence-electron chi connectivity index (χ3n) is 7.32. The van der Waals surface area contributed by atoms with E-state index in [1.165, 1.54) is 43.5 Å². The zero-order valence-corrected chi connectivity index (χ0v) is 17.4. The van der Waals surface area contributed by atoms with Gasteiger partial charge in [0.25, 0.3) is 0 Å². The molecule has 4 fully saturated rings. The molecule has 1 saturated carbocycles. The lowest BCUT2D eigenvalue weighted by molar-refractivity contribution is -0.167. The number of carbonyl (C=O) groups is 1. The van der Waals surface area contributed by atoms with Crippen LogP contribution >= 0.6 is 0 Å². The molecule has 4 aliphatic rings. The Hall–Kier alpha value is -1.39. The van der Waals surface area contributed by atoms with E-state index in [1.807, 2.05) is 7.05 Å². The maximum atomic E-state index is 13.6. The molecule has 0 aromatic heterocycles. The number of aryl methyl sites for hydroxylation is 1. The number of hydrogen-bond donors (Lipinski definition) is 1. The number of fused-ring (bicyclic) bond motifs is 3. The SMILES string of the molecule is CNCCCc1cccc(C2(C(=O)O[C@H]3CN4CCC3CC4)CCCCC2)c1. The number of piperidine rings is 3. The first-order chi connectivity index (χ1) is 13.7. The van der Waals surface area contributed by atoms with Gasteiger partial charge in [0.1, 0.15) is 6.10 Å². The molecule has 1 aliphatic carbocycles. The second-order valence-electron chi connectivity index (χ2n) is 9.13. The van der Waals surface area contributed by atoms with E-state index in [1.54, 1.807) is 0 Å². The van der Waals surface area contributed by atoms with Gasteiger partial charge in [-0.2, -0.15) is 0 Å². The monoisotopic (exact) mass is 384 g/mol. The molecule has 1 aromatic carbocycles. The lowest BCUT2D eigenvalue weighted by Crippen LogP contribution is -2.53. The highest BCUT2D eigenvalue weighted by molar-refractivity contribution is 5.83. The summed E-state index contributed by atoms with van der Waals surface area (Å²) in [5.41, 5.74) is 2.11. The molecular formula is C24H36N2O2. The second kappa shape index (κ2) is 8.96. The third kappa shape index (κ3) is 4.13. The van der Waals surface area contributed by atoms with Gasteiger partial charge in [-0.1, -0.05) is 43.5 Å². The van der Waals surface area contributed by atoms with Crippen molar-refractivity contribution in [3.63, 3.8) is 0 Å². The lowest BCUT2D eigenvalue weighted by atomic mass is 9.69. The summed E-state index contributed by atoms with van der Waals surface area (Å²) in [4.78, 5) is 16.1. The van der Waals surface area contributed by atoms with Crippen molar-refractivity contribution >= 4 is 5.97 Å². The minimum Gasteiger partial charge on any atom is -0.460 e. The highest BCUT2D eigenvalue weighted by Crippen LogP contribution is 2.42. The van der Waals surface area contributed by atoms with Gasteiger partial charge >= 0.3 is 5.97 Å². The molecule has 0 spiro atoms. The predicted molar refractivity (Wildman–Crippen MR) is 112 cm³/mol. The van der Waals surface area contributed by atoms with Crippen LogP contribution in [0, 0.1) is 5.92 Å². The number of nitrogens with zero attached hydrogens (tertiary/aromatic N) is 1. The first-order valence-corrected chi connectivity index (χ1v) is 11.4. The zero-order chi connectivity index (χ0) is 19.4. The Morgan fingerprint density at radius 1 is 1.21 bits per heavy atom. The fourth-order valence-electron chi connectivity index (χ4n) is 5.55. The third-order valence-corrected chi connectivity index (χ3v) is 7.32. The molecule has 0 radical (unpaired) electrons. The van der Waals surface area contributed by atoms with Crippen molar-refractivity contribution in [2.75, 3.05) is 33.2 Å². The van der Waals surface area contributed by atoms with Gasteiger partial charge in [0.2, 0.25) is 0 Å². The smallest absolute Gasteiger partial charge is 0.316 e. The fourth-order valence-corrected chi connectivity index (χ4v) is 5.55. The van der Waals surface area contributed by atoms with Crippen molar-refractivity contribution in [3.8, 4) is 0 Å². The largest absolute Gasteiger partial charge is 0.460 e. The van der Waals surface area contributed by atoms with Gasteiger partial charge in [-0.25, -0.2) is 0 Å². The van der Waals surface area contributed by atoms with Crippen LogP contribution in [-0.2, 0) is 21.4 Å². The van der Waals surface area contributed by atoms with E-state index in [2.05, 4.69) is 34.5 Å². The van der Waals surface area contributed by atoms with Crippen molar-refractivity contribution in [1.29, 1.82) is 0 Å². The molecule has 4 heteroatoms. The molecule has 154 valence electrons. The van der Waals surface area contributed by atoms with Crippen LogP contribution in [-0.4, -0.2) is 50.2 Å². The average molecular weight is 385 g/mol. The summed E-state index contributed by atoms with van der Waals surface area (Å²) in [6.07, 6.45) is 10.0. The van der Waals surface area contributed by atoms with Gasteiger partial charge < -0.3 is 10.1 Å². The fraction of sp³-hybridized carbons (Fsp3) is 0.708. The van der Waals surface area contributed by atoms with E-state index < -0.39 is 5.41 Å². The maximum absolute atomic E-state index is 13.6. The van der Waals surface area contributed by atoms with E-state index in [4.69, 9.17) is 4.74 Å². The Labute approximate surface area is 170 Å². The van der Waals surface area contributed by atoms with Gasteiger partial charge in [-0.3, -0.25) is 9.69 Å². The summed E-state index contributed by atoms with van der Waals surface area (Å²) in [6, 6.07) is 8.81. The molecule has 0 amide bonds. The van der Waals surface area contributed by atoms with Crippen molar-refractivity contribution in [2.45, 2.75) is 69.3 Å². The Morgan fingerprint density at radius 3 is 2.68 bits per heavy atom. The zero-order valence-electron chi connectivity index (χ0n) is 17.4. The minimum atomic E-state index is -0.427. The molecule has 5 rings (SSSR count). The van der Waals surface area contributed by atoms with E-state index in [9.17, 15) is 4.79 Å². The highest BCUT2D eigenvalue weighted by atomic mass is 16.5. The predicted octanol–water partition coefficient (Wildman–Crippen LogP) is 3.68. The van der Waals surface area contributed by atoms with Crippen LogP contribution in [0.5, 0.6) is 0 Å². The topological polar surface area (TPSA) is 41.6 Å². The van der Waals surface area contributed by atoms with E-state index in [0.717, 1.165) is 51.6 Å². The van der Waals surface area contributed by atoms with Gasteiger partial charge in [0.15, 0.2) is 0 Å². The van der Waals surface area contributed by atoms with Crippen molar-refractivity contribution < 1.29 is 9.53 Å².